The second kappa shape index (κ2) is 7.44. The highest BCUT2D eigenvalue weighted by atomic mass is 16.5. The summed E-state index contributed by atoms with van der Waals surface area (Å²) in [7, 11) is 1.68. The second-order valence-corrected chi connectivity index (χ2v) is 6.68. The molecule has 4 nitrogen and oxygen atoms in total. The van der Waals surface area contributed by atoms with Gasteiger partial charge in [0.25, 0.3) is 0 Å². The topological polar surface area (TPSA) is 55.3 Å². The zero-order valence-corrected chi connectivity index (χ0v) is 14.1. The number of hydrogen-bond acceptors (Lipinski definition) is 3. The lowest BCUT2D eigenvalue weighted by Gasteiger charge is -2.42. The first-order valence-electron chi connectivity index (χ1n) is 8.30. The van der Waals surface area contributed by atoms with Crippen LogP contribution in [0.1, 0.15) is 45.1 Å². The molecule has 0 amide bonds. The summed E-state index contributed by atoms with van der Waals surface area (Å²) >= 11 is 0. The van der Waals surface area contributed by atoms with E-state index < -0.39 is 5.60 Å². The van der Waals surface area contributed by atoms with Crippen molar-refractivity contribution in [2.75, 3.05) is 20.3 Å². The molecule has 3 N–H and O–H groups in total. The Bertz CT molecular complexity index is 462. The Morgan fingerprint density at radius 1 is 1.32 bits per heavy atom. The third-order valence-corrected chi connectivity index (χ3v) is 4.82. The standard InChI is InChI=1S/C18H29NO3/c1-4-17(2)14-18(20,10-12-22-17)9-11-19-13-15-5-7-16(21-3)8-6-15/h5-8,19-20H,4,9-14H2,1-3H3/p+1/t17-,18+/m1/s1. The van der Waals surface area contributed by atoms with Crippen LogP contribution in [0.2, 0.25) is 0 Å². The molecule has 0 radical (unpaired) electrons. The van der Waals surface area contributed by atoms with Crippen molar-refractivity contribution in [2.24, 2.45) is 0 Å². The molecule has 1 heterocycles. The first kappa shape index (κ1) is 17.3. The molecule has 0 bridgehead atoms. The van der Waals surface area contributed by atoms with Crippen molar-refractivity contribution < 1.29 is 19.9 Å². The van der Waals surface area contributed by atoms with Gasteiger partial charge in [0.15, 0.2) is 0 Å². The normalized spacial score (nSPS) is 28.5. The van der Waals surface area contributed by atoms with Gasteiger partial charge in [0.2, 0.25) is 0 Å². The van der Waals surface area contributed by atoms with Gasteiger partial charge in [-0.1, -0.05) is 6.92 Å². The van der Waals surface area contributed by atoms with E-state index >= 15 is 0 Å². The van der Waals surface area contributed by atoms with E-state index in [1.807, 2.05) is 12.1 Å². The molecule has 0 unspecified atom stereocenters. The molecule has 1 aliphatic rings. The first-order valence-corrected chi connectivity index (χ1v) is 8.30. The van der Waals surface area contributed by atoms with E-state index in [0.717, 1.165) is 44.5 Å². The Labute approximate surface area is 133 Å². The Hall–Kier alpha value is -1.10. The van der Waals surface area contributed by atoms with Gasteiger partial charge in [-0.25, -0.2) is 0 Å². The quantitative estimate of drug-likeness (QED) is 0.756. The maximum Gasteiger partial charge on any atom is 0.118 e. The summed E-state index contributed by atoms with van der Waals surface area (Å²) in [5.74, 6) is 0.888. The van der Waals surface area contributed by atoms with E-state index in [0.29, 0.717) is 6.61 Å². The zero-order chi connectivity index (χ0) is 16.1. The highest BCUT2D eigenvalue weighted by Crippen LogP contribution is 2.35. The van der Waals surface area contributed by atoms with Gasteiger partial charge < -0.3 is 19.9 Å². The van der Waals surface area contributed by atoms with E-state index in [1.54, 1.807) is 7.11 Å². The number of nitrogens with two attached hydrogens (primary N) is 1. The third kappa shape index (κ3) is 4.70. The number of benzene rings is 1. The highest BCUT2D eigenvalue weighted by molar-refractivity contribution is 5.26. The van der Waals surface area contributed by atoms with Crippen molar-refractivity contribution in [1.82, 2.24) is 0 Å². The van der Waals surface area contributed by atoms with Crippen molar-refractivity contribution in [3.63, 3.8) is 0 Å². The molecule has 1 saturated heterocycles. The summed E-state index contributed by atoms with van der Waals surface area (Å²) in [6.45, 7) is 6.77. The summed E-state index contributed by atoms with van der Waals surface area (Å²) in [5, 5.41) is 13.0. The SMILES string of the molecule is CC[C@]1(C)C[C@](O)(CC[NH2+]Cc2ccc(OC)cc2)CCO1. The van der Waals surface area contributed by atoms with Gasteiger partial charge in [0.05, 0.1) is 31.5 Å². The molecular formula is C18H30NO3+. The molecule has 4 heteroatoms. The molecule has 2 atom stereocenters. The fraction of sp³-hybridized carbons (Fsp3) is 0.667. The third-order valence-electron chi connectivity index (χ3n) is 4.82. The van der Waals surface area contributed by atoms with Crippen molar-refractivity contribution in [3.05, 3.63) is 29.8 Å². The average molecular weight is 308 g/mol. The van der Waals surface area contributed by atoms with E-state index in [1.165, 1.54) is 5.56 Å². The van der Waals surface area contributed by atoms with Crippen LogP contribution in [0.5, 0.6) is 5.75 Å². The zero-order valence-electron chi connectivity index (χ0n) is 14.1. The Kier molecular flexibility index (Phi) is 5.84. The molecule has 0 aliphatic carbocycles. The monoisotopic (exact) mass is 308 g/mol. The molecule has 1 aliphatic heterocycles. The maximum atomic E-state index is 10.8. The molecule has 0 saturated carbocycles. The van der Waals surface area contributed by atoms with Gasteiger partial charge in [-0.3, -0.25) is 0 Å². The summed E-state index contributed by atoms with van der Waals surface area (Å²) in [4.78, 5) is 0. The molecule has 0 spiro atoms. The smallest absolute Gasteiger partial charge is 0.118 e. The first-order chi connectivity index (χ1) is 10.5. The van der Waals surface area contributed by atoms with Crippen molar-refractivity contribution in [2.45, 2.75) is 57.3 Å². The largest absolute Gasteiger partial charge is 0.497 e. The summed E-state index contributed by atoms with van der Waals surface area (Å²) in [6, 6.07) is 8.16. The number of ether oxygens (including phenoxy) is 2. The number of hydrogen-bond donors (Lipinski definition) is 2. The molecular weight excluding hydrogens is 278 g/mol. The molecule has 124 valence electrons. The summed E-state index contributed by atoms with van der Waals surface area (Å²) < 4.78 is 11.0. The van der Waals surface area contributed by atoms with Gasteiger partial charge in [-0.2, -0.15) is 0 Å². The molecule has 1 aromatic rings. The van der Waals surface area contributed by atoms with Crippen molar-refractivity contribution in [1.29, 1.82) is 0 Å². The number of quaternary nitrogens is 1. The minimum atomic E-state index is -0.570. The number of aliphatic hydroxyl groups is 1. The number of rotatable bonds is 7. The van der Waals surface area contributed by atoms with E-state index in [-0.39, 0.29) is 5.60 Å². The molecule has 2 rings (SSSR count). The van der Waals surface area contributed by atoms with Crippen LogP contribution in [0.4, 0.5) is 0 Å². The van der Waals surface area contributed by atoms with Crippen LogP contribution in [-0.4, -0.2) is 36.6 Å². The van der Waals surface area contributed by atoms with Crippen LogP contribution >= 0.6 is 0 Å². The molecule has 22 heavy (non-hydrogen) atoms. The predicted octanol–water partition coefficient (Wildman–Crippen LogP) is 1.86. The Balaban J connectivity index is 1.75. The minimum Gasteiger partial charge on any atom is -0.497 e. The van der Waals surface area contributed by atoms with Crippen LogP contribution in [0.15, 0.2) is 24.3 Å². The summed E-state index contributed by atoms with van der Waals surface area (Å²) in [6.07, 6.45) is 3.26. The Morgan fingerprint density at radius 2 is 2.05 bits per heavy atom. The van der Waals surface area contributed by atoms with Gasteiger partial charge in [0, 0.05) is 18.4 Å². The van der Waals surface area contributed by atoms with E-state index in [2.05, 4.69) is 31.3 Å². The fourth-order valence-corrected chi connectivity index (χ4v) is 3.16. The van der Waals surface area contributed by atoms with Crippen LogP contribution in [0.25, 0.3) is 0 Å². The van der Waals surface area contributed by atoms with Crippen LogP contribution in [0, 0.1) is 0 Å². The van der Waals surface area contributed by atoms with Crippen molar-refractivity contribution in [3.8, 4) is 5.75 Å². The van der Waals surface area contributed by atoms with Crippen LogP contribution < -0.4 is 10.1 Å². The minimum absolute atomic E-state index is 0.164. The molecule has 1 fully saturated rings. The molecule has 1 aromatic carbocycles. The second-order valence-electron chi connectivity index (χ2n) is 6.68. The average Bonchev–Trinajstić information content (AvgIpc) is 2.52. The Morgan fingerprint density at radius 3 is 2.68 bits per heavy atom. The van der Waals surface area contributed by atoms with Crippen molar-refractivity contribution >= 4 is 0 Å². The lowest BCUT2D eigenvalue weighted by molar-refractivity contribution is -0.672. The lowest BCUT2D eigenvalue weighted by atomic mass is 9.80. The van der Waals surface area contributed by atoms with Crippen LogP contribution in [0.3, 0.4) is 0 Å². The van der Waals surface area contributed by atoms with Gasteiger partial charge in [-0.15, -0.1) is 0 Å². The highest BCUT2D eigenvalue weighted by Gasteiger charge is 2.40. The van der Waals surface area contributed by atoms with Gasteiger partial charge >= 0.3 is 0 Å². The fourth-order valence-electron chi connectivity index (χ4n) is 3.16. The van der Waals surface area contributed by atoms with E-state index in [4.69, 9.17) is 9.47 Å². The van der Waals surface area contributed by atoms with E-state index in [9.17, 15) is 5.11 Å². The maximum absolute atomic E-state index is 10.8. The molecule has 0 aromatic heterocycles. The number of methoxy groups -OCH3 is 1. The predicted molar refractivity (Wildman–Crippen MR) is 86.9 cm³/mol. The lowest BCUT2D eigenvalue weighted by Crippen LogP contribution is -2.83. The van der Waals surface area contributed by atoms with Gasteiger partial charge in [-0.05, 0) is 44.0 Å². The van der Waals surface area contributed by atoms with Crippen LogP contribution in [-0.2, 0) is 11.3 Å². The van der Waals surface area contributed by atoms with Gasteiger partial charge in [0.1, 0.15) is 12.3 Å². The summed E-state index contributed by atoms with van der Waals surface area (Å²) in [5.41, 5.74) is 0.542.